The summed E-state index contributed by atoms with van der Waals surface area (Å²) >= 11 is 6.11. The van der Waals surface area contributed by atoms with Gasteiger partial charge in [0, 0.05) is 20.4 Å². The highest BCUT2D eigenvalue weighted by Crippen LogP contribution is 2.33. The lowest BCUT2D eigenvalue weighted by Gasteiger charge is -2.06. The number of hydrogen-bond acceptors (Lipinski definition) is 3. The van der Waals surface area contributed by atoms with Crippen molar-refractivity contribution in [3.8, 4) is 5.75 Å². The van der Waals surface area contributed by atoms with E-state index in [0.717, 1.165) is 10.6 Å². The van der Waals surface area contributed by atoms with Crippen LogP contribution < -0.4 is 4.74 Å². The lowest BCUT2D eigenvalue weighted by Crippen LogP contribution is -1.93. The summed E-state index contributed by atoms with van der Waals surface area (Å²) < 4.78 is 6.78. The van der Waals surface area contributed by atoms with Gasteiger partial charge >= 0.3 is 0 Å². The third-order valence-corrected chi connectivity index (χ3v) is 3.64. The summed E-state index contributed by atoms with van der Waals surface area (Å²) in [6.45, 7) is 4.78. The van der Waals surface area contributed by atoms with E-state index in [1.165, 1.54) is 15.6 Å². The van der Waals surface area contributed by atoms with E-state index in [1.807, 2.05) is 6.92 Å². The molecule has 0 amide bonds. The molecule has 1 nitrogen and oxygen atoms in total. The minimum Gasteiger partial charge on any atom is -0.494 e. The van der Waals surface area contributed by atoms with Crippen LogP contribution in [0.5, 0.6) is 5.75 Å². The first kappa shape index (κ1) is 9.87. The van der Waals surface area contributed by atoms with E-state index in [4.69, 9.17) is 4.74 Å². The first-order valence-electron chi connectivity index (χ1n) is 4.56. The first-order chi connectivity index (χ1) is 6.72. The van der Waals surface area contributed by atoms with Crippen LogP contribution in [0, 0.1) is 6.92 Å². The Hall–Kier alpha value is -0.670. The third-order valence-electron chi connectivity index (χ3n) is 2.15. The van der Waals surface area contributed by atoms with Crippen LogP contribution >= 0.6 is 24.0 Å². The molecule has 1 aromatic carbocycles. The molecule has 14 heavy (non-hydrogen) atoms. The molecule has 0 spiro atoms. The molecule has 0 atom stereocenters. The normalized spacial score (nSPS) is 10.8. The van der Waals surface area contributed by atoms with Gasteiger partial charge in [0.25, 0.3) is 0 Å². The van der Waals surface area contributed by atoms with Crippen LogP contribution in [0.1, 0.15) is 12.5 Å². The molecule has 0 bridgehead atoms. The highest BCUT2D eigenvalue weighted by molar-refractivity contribution is 7.80. The summed E-state index contributed by atoms with van der Waals surface area (Å²) in [5, 5.41) is 3.28. The quantitative estimate of drug-likeness (QED) is 0.761. The maximum absolute atomic E-state index is 5.54. The van der Waals surface area contributed by atoms with Crippen molar-refractivity contribution in [3.63, 3.8) is 0 Å². The van der Waals surface area contributed by atoms with Crippen LogP contribution in [-0.2, 0) is 0 Å². The number of fused-ring (bicyclic) bond motifs is 1. The molecule has 3 heteroatoms. The zero-order valence-corrected chi connectivity index (χ0v) is 9.91. The van der Waals surface area contributed by atoms with Crippen molar-refractivity contribution in [1.29, 1.82) is 0 Å². The predicted octanol–water partition coefficient (Wildman–Crippen LogP) is 3.90. The minimum absolute atomic E-state index is 0.714. The zero-order chi connectivity index (χ0) is 10.1. The van der Waals surface area contributed by atoms with Crippen LogP contribution in [0.15, 0.2) is 22.4 Å². The van der Waals surface area contributed by atoms with E-state index in [-0.39, 0.29) is 0 Å². The molecule has 0 saturated carbocycles. The molecule has 0 aliphatic rings. The minimum atomic E-state index is 0.714. The van der Waals surface area contributed by atoms with Crippen molar-refractivity contribution in [2.45, 2.75) is 18.7 Å². The number of thiol groups is 1. The molecule has 0 unspecified atom stereocenters. The van der Waals surface area contributed by atoms with E-state index >= 15 is 0 Å². The maximum atomic E-state index is 5.54. The molecule has 2 rings (SSSR count). The van der Waals surface area contributed by atoms with Crippen LogP contribution in [0.2, 0.25) is 0 Å². The van der Waals surface area contributed by atoms with E-state index in [0.29, 0.717) is 6.61 Å². The molecule has 1 heterocycles. The van der Waals surface area contributed by atoms with Crippen molar-refractivity contribution in [2.24, 2.45) is 0 Å². The predicted molar refractivity (Wildman–Crippen MR) is 65.0 cm³/mol. The summed E-state index contributed by atoms with van der Waals surface area (Å²) in [6, 6.07) is 4.23. The van der Waals surface area contributed by atoms with Gasteiger partial charge in [0.2, 0.25) is 0 Å². The number of aryl methyl sites for hydroxylation is 1. The van der Waals surface area contributed by atoms with Gasteiger partial charge in [-0.2, -0.15) is 0 Å². The fraction of sp³-hybridized carbons (Fsp3) is 0.273. The molecule has 2 aromatic rings. The summed E-state index contributed by atoms with van der Waals surface area (Å²) in [5.41, 5.74) is 1.17. The number of rotatable bonds is 2. The highest BCUT2D eigenvalue weighted by Gasteiger charge is 2.05. The Morgan fingerprint density at radius 2 is 2.21 bits per heavy atom. The SMILES string of the molecule is CCOc1cc2scc(S)c2cc1C. The lowest BCUT2D eigenvalue weighted by molar-refractivity contribution is 0.338. The van der Waals surface area contributed by atoms with Crippen LogP contribution in [0.4, 0.5) is 0 Å². The van der Waals surface area contributed by atoms with Gasteiger partial charge in [-0.3, -0.25) is 0 Å². The number of thiophene rings is 1. The van der Waals surface area contributed by atoms with Gasteiger partial charge in [-0.15, -0.1) is 24.0 Å². The van der Waals surface area contributed by atoms with Crippen molar-refractivity contribution in [2.75, 3.05) is 6.61 Å². The van der Waals surface area contributed by atoms with Gasteiger partial charge in [0.1, 0.15) is 5.75 Å². The summed E-state index contributed by atoms with van der Waals surface area (Å²) in [5.74, 6) is 0.982. The van der Waals surface area contributed by atoms with Crippen LogP contribution in [0.3, 0.4) is 0 Å². The number of hydrogen-bond donors (Lipinski definition) is 1. The van der Waals surface area contributed by atoms with Gasteiger partial charge in [-0.05, 0) is 31.5 Å². The van der Waals surface area contributed by atoms with Crippen molar-refractivity contribution in [3.05, 3.63) is 23.1 Å². The molecular weight excluding hydrogens is 212 g/mol. The molecule has 0 radical (unpaired) electrons. The second kappa shape index (κ2) is 3.83. The average molecular weight is 224 g/mol. The van der Waals surface area contributed by atoms with Crippen LogP contribution in [-0.4, -0.2) is 6.61 Å². The molecule has 0 fully saturated rings. The third kappa shape index (κ3) is 1.62. The van der Waals surface area contributed by atoms with E-state index in [9.17, 15) is 0 Å². The zero-order valence-electron chi connectivity index (χ0n) is 8.20. The van der Waals surface area contributed by atoms with Gasteiger partial charge in [0.15, 0.2) is 0 Å². The largest absolute Gasteiger partial charge is 0.494 e. The Kier molecular flexibility index (Phi) is 2.70. The Labute approximate surface area is 93.1 Å². The van der Waals surface area contributed by atoms with Gasteiger partial charge in [-0.25, -0.2) is 0 Å². The van der Waals surface area contributed by atoms with Crippen molar-refractivity contribution in [1.82, 2.24) is 0 Å². The first-order valence-corrected chi connectivity index (χ1v) is 5.88. The Balaban J connectivity index is 2.60. The second-order valence-electron chi connectivity index (χ2n) is 3.17. The van der Waals surface area contributed by atoms with E-state index in [2.05, 4.69) is 37.1 Å². The van der Waals surface area contributed by atoms with Crippen molar-refractivity contribution < 1.29 is 4.74 Å². The number of ether oxygens (including phenoxy) is 1. The molecule has 0 aliphatic carbocycles. The smallest absolute Gasteiger partial charge is 0.123 e. The topological polar surface area (TPSA) is 9.23 Å². The maximum Gasteiger partial charge on any atom is 0.123 e. The Morgan fingerprint density at radius 1 is 1.43 bits per heavy atom. The summed E-state index contributed by atoms with van der Waals surface area (Å²) in [4.78, 5) is 1.05. The Bertz CT molecular complexity index is 460. The highest BCUT2D eigenvalue weighted by atomic mass is 32.1. The van der Waals surface area contributed by atoms with Crippen LogP contribution in [0.25, 0.3) is 10.1 Å². The fourth-order valence-corrected chi connectivity index (χ4v) is 2.72. The number of benzene rings is 1. The fourth-order valence-electron chi connectivity index (χ4n) is 1.46. The summed E-state index contributed by atoms with van der Waals surface area (Å²) in [7, 11) is 0. The monoisotopic (exact) mass is 224 g/mol. The van der Waals surface area contributed by atoms with Gasteiger partial charge < -0.3 is 4.74 Å². The van der Waals surface area contributed by atoms with Crippen molar-refractivity contribution >= 4 is 34.1 Å². The molecule has 1 aromatic heterocycles. The lowest BCUT2D eigenvalue weighted by atomic mass is 10.2. The molecule has 0 aliphatic heterocycles. The molecule has 0 saturated heterocycles. The Morgan fingerprint density at radius 3 is 2.93 bits per heavy atom. The van der Waals surface area contributed by atoms with E-state index < -0.39 is 0 Å². The van der Waals surface area contributed by atoms with E-state index in [1.54, 1.807) is 11.3 Å². The van der Waals surface area contributed by atoms with Gasteiger partial charge in [0.05, 0.1) is 6.61 Å². The van der Waals surface area contributed by atoms with Gasteiger partial charge in [-0.1, -0.05) is 0 Å². The standard InChI is InChI=1S/C11H12OS2/c1-3-12-9-5-11-8(4-7(9)2)10(13)6-14-11/h4-6,13H,3H2,1-2H3. The molecular formula is C11H12OS2. The molecule has 0 N–H and O–H groups in total. The summed E-state index contributed by atoms with van der Waals surface area (Å²) in [6.07, 6.45) is 0. The average Bonchev–Trinajstić information content (AvgIpc) is 2.50. The second-order valence-corrected chi connectivity index (χ2v) is 4.56. The molecule has 74 valence electrons.